The molecule has 0 fully saturated rings. The molecule has 1 heterocycles. The van der Waals surface area contributed by atoms with Crippen LogP contribution >= 0.6 is 0 Å². The number of aryl methyl sites for hydroxylation is 1. The molecule has 0 aliphatic rings. The molecule has 0 saturated heterocycles. The first-order valence-electron chi connectivity index (χ1n) is 5.58. The summed E-state index contributed by atoms with van der Waals surface area (Å²) in [5, 5.41) is 6.28. The van der Waals surface area contributed by atoms with Crippen molar-refractivity contribution in [1.82, 2.24) is 15.3 Å². The highest BCUT2D eigenvalue weighted by molar-refractivity contribution is 5.55. The third kappa shape index (κ3) is 3.26. The van der Waals surface area contributed by atoms with Crippen molar-refractivity contribution >= 4 is 11.5 Å². The first kappa shape index (κ1) is 11.5. The van der Waals surface area contributed by atoms with Crippen molar-refractivity contribution in [3.05, 3.63) is 47.9 Å². The summed E-state index contributed by atoms with van der Waals surface area (Å²) in [5.41, 5.74) is 2.28. The lowest BCUT2D eigenvalue weighted by molar-refractivity contribution is 0.759. The molecular formula is C13H16N4. The van der Waals surface area contributed by atoms with Gasteiger partial charge in [0.1, 0.15) is 11.6 Å². The number of rotatable bonds is 4. The Balaban J connectivity index is 2.12. The molecule has 17 heavy (non-hydrogen) atoms. The zero-order chi connectivity index (χ0) is 12.1. The second-order valence-corrected chi connectivity index (χ2v) is 3.88. The summed E-state index contributed by atoms with van der Waals surface area (Å²) < 4.78 is 0. The second-order valence-electron chi connectivity index (χ2n) is 3.88. The first-order chi connectivity index (χ1) is 8.28. The van der Waals surface area contributed by atoms with E-state index in [1.165, 1.54) is 5.56 Å². The van der Waals surface area contributed by atoms with Gasteiger partial charge in [-0.3, -0.25) is 0 Å². The Bertz CT molecular complexity index is 479. The summed E-state index contributed by atoms with van der Waals surface area (Å²) in [6.07, 6.45) is 1.76. The molecule has 88 valence electrons. The first-order valence-corrected chi connectivity index (χ1v) is 5.58. The van der Waals surface area contributed by atoms with E-state index in [1.807, 2.05) is 25.2 Å². The third-order valence-electron chi connectivity index (χ3n) is 2.36. The zero-order valence-electron chi connectivity index (χ0n) is 10.1. The van der Waals surface area contributed by atoms with Crippen LogP contribution in [0.2, 0.25) is 0 Å². The highest BCUT2D eigenvalue weighted by Gasteiger charge is 1.98. The molecule has 0 unspecified atom stereocenters. The molecule has 0 aliphatic heterocycles. The van der Waals surface area contributed by atoms with E-state index in [2.05, 4.69) is 39.7 Å². The lowest BCUT2D eigenvalue weighted by Crippen LogP contribution is -2.09. The van der Waals surface area contributed by atoms with Gasteiger partial charge < -0.3 is 10.6 Å². The van der Waals surface area contributed by atoms with Crippen molar-refractivity contribution < 1.29 is 0 Å². The van der Waals surface area contributed by atoms with Crippen LogP contribution < -0.4 is 10.6 Å². The molecule has 0 amide bonds. The molecule has 4 nitrogen and oxygen atoms in total. The van der Waals surface area contributed by atoms with Gasteiger partial charge in [-0.25, -0.2) is 9.97 Å². The minimum absolute atomic E-state index is 0.670. The monoisotopic (exact) mass is 228 g/mol. The van der Waals surface area contributed by atoms with E-state index in [1.54, 1.807) is 6.20 Å². The average Bonchev–Trinajstić information content (AvgIpc) is 2.33. The number of hydrogen-bond acceptors (Lipinski definition) is 4. The SMILES string of the molecule is CNCc1nccc(Nc2ccc(C)cc2)n1. The molecule has 1 aromatic carbocycles. The number of nitrogens with zero attached hydrogens (tertiary/aromatic N) is 2. The van der Waals surface area contributed by atoms with Crippen LogP contribution in [0.3, 0.4) is 0 Å². The van der Waals surface area contributed by atoms with E-state index in [0.29, 0.717) is 6.54 Å². The molecule has 2 aromatic rings. The van der Waals surface area contributed by atoms with Crippen molar-refractivity contribution in [1.29, 1.82) is 0 Å². The second kappa shape index (κ2) is 5.41. The average molecular weight is 228 g/mol. The molecule has 0 atom stereocenters. The fourth-order valence-electron chi connectivity index (χ4n) is 1.50. The molecule has 0 saturated carbocycles. The van der Waals surface area contributed by atoms with Gasteiger partial charge in [0.15, 0.2) is 0 Å². The van der Waals surface area contributed by atoms with Gasteiger partial charge in [-0.2, -0.15) is 0 Å². The smallest absolute Gasteiger partial charge is 0.144 e. The predicted molar refractivity (Wildman–Crippen MR) is 69.3 cm³/mol. The van der Waals surface area contributed by atoms with Gasteiger partial charge in [-0.1, -0.05) is 17.7 Å². The van der Waals surface area contributed by atoms with Gasteiger partial charge in [0, 0.05) is 11.9 Å². The molecular weight excluding hydrogens is 212 g/mol. The lowest BCUT2D eigenvalue weighted by Gasteiger charge is -2.07. The molecule has 0 spiro atoms. The fourth-order valence-corrected chi connectivity index (χ4v) is 1.50. The number of anilines is 2. The normalized spacial score (nSPS) is 10.2. The number of hydrogen-bond donors (Lipinski definition) is 2. The van der Waals surface area contributed by atoms with Gasteiger partial charge in [0.05, 0.1) is 6.54 Å². The minimum atomic E-state index is 0.670. The highest BCUT2D eigenvalue weighted by Crippen LogP contribution is 2.14. The summed E-state index contributed by atoms with van der Waals surface area (Å²) >= 11 is 0. The van der Waals surface area contributed by atoms with Gasteiger partial charge in [0.25, 0.3) is 0 Å². The Hall–Kier alpha value is -1.94. The van der Waals surface area contributed by atoms with Crippen molar-refractivity contribution in [2.75, 3.05) is 12.4 Å². The van der Waals surface area contributed by atoms with Gasteiger partial charge in [-0.15, -0.1) is 0 Å². The van der Waals surface area contributed by atoms with Crippen LogP contribution in [0.1, 0.15) is 11.4 Å². The molecule has 2 rings (SSSR count). The lowest BCUT2D eigenvalue weighted by atomic mass is 10.2. The van der Waals surface area contributed by atoms with E-state index in [0.717, 1.165) is 17.3 Å². The van der Waals surface area contributed by atoms with E-state index in [4.69, 9.17) is 0 Å². The Labute approximate surface area is 101 Å². The summed E-state index contributed by atoms with van der Waals surface area (Å²) in [4.78, 5) is 8.57. The number of nitrogens with one attached hydrogen (secondary N) is 2. The Kier molecular flexibility index (Phi) is 3.67. The van der Waals surface area contributed by atoms with Crippen LogP contribution in [0.15, 0.2) is 36.5 Å². The topological polar surface area (TPSA) is 49.8 Å². The molecule has 1 aromatic heterocycles. The van der Waals surface area contributed by atoms with Crippen molar-refractivity contribution in [2.45, 2.75) is 13.5 Å². The number of benzene rings is 1. The Morgan fingerprint density at radius 1 is 1.12 bits per heavy atom. The predicted octanol–water partition coefficient (Wildman–Crippen LogP) is 2.25. The van der Waals surface area contributed by atoms with Gasteiger partial charge >= 0.3 is 0 Å². The molecule has 0 radical (unpaired) electrons. The molecule has 2 N–H and O–H groups in total. The van der Waals surface area contributed by atoms with Crippen molar-refractivity contribution in [2.24, 2.45) is 0 Å². The van der Waals surface area contributed by atoms with E-state index in [-0.39, 0.29) is 0 Å². The van der Waals surface area contributed by atoms with Crippen molar-refractivity contribution in [3.8, 4) is 0 Å². The van der Waals surface area contributed by atoms with Crippen LogP contribution in [-0.4, -0.2) is 17.0 Å². The maximum absolute atomic E-state index is 4.40. The Morgan fingerprint density at radius 2 is 1.88 bits per heavy atom. The van der Waals surface area contributed by atoms with Crippen LogP contribution in [0.4, 0.5) is 11.5 Å². The fraction of sp³-hybridized carbons (Fsp3) is 0.231. The molecule has 0 aliphatic carbocycles. The molecule has 4 heteroatoms. The molecule has 0 bridgehead atoms. The maximum atomic E-state index is 4.40. The van der Waals surface area contributed by atoms with Crippen LogP contribution in [0.25, 0.3) is 0 Å². The van der Waals surface area contributed by atoms with Crippen LogP contribution in [-0.2, 0) is 6.54 Å². The van der Waals surface area contributed by atoms with Gasteiger partial charge in [-0.05, 0) is 32.2 Å². The summed E-state index contributed by atoms with van der Waals surface area (Å²) in [6, 6.07) is 10.1. The number of aromatic nitrogens is 2. The third-order valence-corrected chi connectivity index (χ3v) is 2.36. The largest absolute Gasteiger partial charge is 0.340 e. The Morgan fingerprint density at radius 3 is 2.59 bits per heavy atom. The summed E-state index contributed by atoms with van der Waals surface area (Å²) in [7, 11) is 1.88. The highest BCUT2D eigenvalue weighted by atomic mass is 15.0. The van der Waals surface area contributed by atoms with Crippen LogP contribution in [0.5, 0.6) is 0 Å². The van der Waals surface area contributed by atoms with Crippen LogP contribution in [0, 0.1) is 6.92 Å². The van der Waals surface area contributed by atoms with Crippen molar-refractivity contribution in [3.63, 3.8) is 0 Å². The standard InChI is InChI=1S/C13H16N4/c1-10-3-5-11(6-4-10)16-12-7-8-15-13(17-12)9-14-2/h3-8,14H,9H2,1-2H3,(H,15,16,17). The quantitative estimate of drug-likeness (QED) is 0.842. The summed E-state index contributed by atoms with van der Waals surface area (Å²) in [6.45, 7) is 2.74. The van der Waals surface area contributed by atoms with E-state index < -0.39 is 0 Å². The summed E-state index contributed by atoms with van der Waals surface area (Å²) in [5.74, 6) is 1.60. The van der Waals surface area contributed by atoms with E-state index in [9.17, 15) is 0 Å². The zero-order valence-corrected chi connectivity index (χ0v) is 10.1. The maximum Gasteiger partial charge on any atom is 0.144 e. The van der Waals surface area contributed by atoms with E-state index >= 15 is 0 Å². The van der Waals surface area contributed by atoms with Gasteiger partial charge in [0.2, 0.25) is 0 Å². The minimum Gasteiger partial charge on any atom is -0.340 e.